The first-order valence-corrected chi connectivity index (χ1v) is 15.4. The predicted octanol–water partition coefficient (Wildman–Crippen LogP) is 5.42. The molecule has 0 radical (unpaired) electrons. The predicted molar refractivity (Wildman–Crippen MR) is 157 cm³/mol. The Morgan fingerprint density at radius 2 is 1.87 bits per heavy atom. The SMILES string of the molecule is Cc1c(-c2[nH]c3ccc(C4CCC(NCC(C)(C)S(C)(=O)=O)CC4)nc3c2C(C)C)cnc(N=CN)c1C. The minimum atomic E-state index is -3.11. The normalized spacial score (nSPS) is 19.2. The molecule has 206 valence electrons. The van der Waals surface area contributed by atoms with E-state index in [1.54, 1.807) is 13.8 Å². The van der Waals surface area contributed by atoms with Crippen LogP contribution in [0.5, 0.6) is 0 Å². The molecular weight excluding hydrogens is 496 g/mol. The smallest absolute Gasteiger partial charge is 0.156 e. The molecule has 0 spiro atoms. The number of pyridine rings is 2. The lowest BCUT2D eigenvalue weighted by Gasteiger charge is -2.32. The molecule has 4 rings (SSSR count). The van der Waals surface area contributed by atoms with Crippen molar-refractivity contribution in [3.8, 4) is 11.3 Å². The molecule has 0 unspecified atom stereocenters. The van der Waals surface area contributed by atoms with Gasteiger partial charge in [0.2, 0.25) is 0 Å². The zero-order valence-electron chi connectivity index (χ0n) is 23.7. The third-order valence-electron chi connectivity index (χ3n) is 8.33. The van der Waals surface area contributed by atoms with Crippen molar-refractivity contribution in [1.82, 2.24) is 20.3 Å². The zero-order valence-corrected chi connectivity index (χ0v) is 24.5. The molecular formula is C29H42N6O2S. The molecule has 0 atom stereocenters. The molecule has 3 aromatic rings. The molecule has 9 heteroatoms. The number of aromatic nitrogens is 3. The largest absolute Gasteiger partial charge is 0.390 e. The first kappa shape index (κ1) is 28.2. The number of hydrogen-bond donors (Lipinski definition) is 3. The van der Waals surface area contributed by atoms with Crippen molar-refractivity contribution in [3.63, 3.8) is 0 Å². The second-order valence-corrected chi connectivity index (χ2v) is 14.3. The van der Waals surface area contributed by atoms with Gasteiger partial charge in [0.25, 0.3) is 0 Å². The summed E-state index contributed by atoms with van der Waals surface area (Å²) >= 11 is 0. The van der Waals surface area contributed by atoms with Crippen molar-refractivity contribution >= 4 is 33.0 Å². The van der Waals surface area contributed by atoms with Gasteiger partial charge in [-0.05, 0) is 82.6 Å². The van der Waals surface area contributed by atoms with E-state index in [1.165, 1.54) is 18.2 Å². The van der Waals surface area contributed by atoms with E-state index in [1.807, 2.05) is 13.1 Å². The third-order valence-corrected chi connectivity index (χ3v) is 10.5. The second kappa shape index (κ2) is 10.8. The number of sulfone groups is 1. The van der Waals surface area contributed by atoms with Gasteiger partial charge >= 0.3 is 0 Å². The Hall–Kier alpha value is -2.78. The molecule has 1 fully saturated rings. The van der Waals surface area contributed by atoms with Crippen LogP contribution in [0.3, 0.4) is 0 Å². The van der Waals surface area contributed by atoms with Crippen molar-refractivity contribution in [3.05, 3.63) is 40.7 Å². The highest BCUT2D eigenvalue weighted by molar-refractivity contribution is 7.92. The molecule has 1 aliphatic rings. The van der Waals surface area contributed by atoms with Crippen LogP contribution in [0, 0.1) is 13.8 Å². The number of nitrogens with zero attached hydrogens (tertiary/aromatic N) is 3. The van der Waals surface area contributed by atoms with Crippen molar-refractivity contribution in [1.29, 1.82) is 0 Å². The second-order valence-electron chi connectivity index (χ2n) is 11.7. The van der Waals surface area contributed by atoms with Gasteiger partial charge in [0, 0.05) is 47.8 Å². The Morgan fingerprint density at radius 3 is 2.47 bits per heavy atom. The van der Waals surface area contributed by atoms with Gasteiger partial charge < -0.3 is 16.0 Å². The summed E-state index contributed by atoms with van der Waals surface area (Å²) in [5.41, 5.74) is 14.2. The van der Waals surface area contributed by atoms with Gasteiger partial charge in [0.1, 0.15) is 0 Å². The molecule has 38 heavy (non-hydrogen) atoms. The van der Waals surface area contributed by atoms with Crippen LogP contribution < -0.4 is 11.1 Å². The minimum absolute atomic E-state index is 0.279. The molecule has 1 aliphatic carbocycles. The Labute approximate surface area is 226 Å². The Balaban J connectivity index is 1.58. The van der Waals surface area contributed by atoms with Crippen LogP contribution in [0.4, 0.5) is 5.82 Å². The maximum absolute atomic E-state index is 12.0. The van der Waals surface area contributed by atoms with Crippen molar-refractivity contribution < 1.29 is 8.42 Å². The van der Waals surface area contributed by atoms with Crippen molar-refractivity contribution in [2.75, 3.05) is 12.8 Å². The van der Waals surface area contributed by atoms with Crippen LogP contribution in [0.2, 0.25) is 0 Å². The molecule has 8 nitrogen and oxygen atoms in total. The van der Waals surface area contributed by atoms with Gasteiger partial charge in [-0.15, -0.1) is 0 Å². The number of hydrogen-bond acceptors (Lipinski definition) is 6. The monoisotopic (exact) mass is 538 g/mol. The highest BCUT2D eigenvalue weighted by Crippen LogP contribution is 2.39. The van der Waals surface area contributed by atoms with Gasteiger partial charge in [-0.25, -0.2) is 18.4 Å². The summed E-state index contributed by atoms with van der Waals surface area (Å²) in [5, 5.41) is 3.51. The summed E-state index contributed by atoms with van der Waals surface area (Å²) in [6, 6.07) is 4.66. The molecule has 0 aliphatic heterocycles. The number of fused-ring (bicyclic) bond motifs is 1. The molecule has 0 saturated heterocycles. The average molecular weight is 539 g/mol. The fourth-order valence-electron chi connectivity index (χ4n) is 5.36. The molecule has 1 saturated carbocycles. The van der Waals surface area contributed by atoms with Crippen LogP contribution >= 0.6 is 0 Å². The summed E-state index contributed by atoms with van der Waals surface area (Å²) in [6.07, 6.45) is 8.58. The van der Waals surface area contributed by atoms with E-state index >= 15 is 0 Å². The fourth-order valence-corrected chi connectivity index (χ4v) is 5.70. The van der Waals surface area contributed by atoms with E-state index in [0.29, 0.717) is 24.3 Å². The fraction of sp³-hybridized carbons (Fsp3) is 0.552. The van der Waals surface area contributed by atoms with E-state index in [-0.39, 0.29) is 5.92 Å². The molecule has 0 aromatic carbocycles. The summed E-state index contributed by atoms with van der Waals surface area (Å²) in [4.78, 5) is 17.6. The lowest BCUT2D eigenvalue weighted by molar-refractivity contribution is 0.331. The van der Waals surface area contributed by atoms with E-state index in [4.69, 9.17) is 10.7 Å². The van der Waals surface area contributed by atoms with Gasteiger partial charge in [-0.1, -0.05) is 13.8 Å². The number of nitrogens with two attached hydrogens (primary N) is 1. The summed E-state index contributed by atoms with van der Waals surface area (Å²) < 4.78 is 23.3. The number of rotatable bonds is 8. The lowest BCUT2D eigenvalue weighted by atomic mass is 9.83. The first-order chi connectivity index (χ1) is 17.8. The first-order valence-electron chi connectivity index (χ1n) is 13.5. The standard InChI is InChI=1S/C29H42N6O2S/c1-17(2)25-26(22-14-31-28(33-16-30)19(4)18(22)3)35-24-13-12-23(34-27(24)25)20-8-10-21(11-9-20)32-15-29(5,6)38(7,36)37/h12-14,16-17,20-21,32,35H,8-11,15H2,1-7H3,(H2,30,31,33). The van der Waals surface area contributed by atoms with E-state index in [2.05, 4.69) is 53.2 Å². The van der Waals surface area contributed by atoms with Gasteiger partial charge in [0.15, 0.2) is 15.7 Å². The van der Waals surface area contributed by atoms with Gasteiger partial charge in [0.05, 0.1) is 27.8 Å². The topological polar surface area (TPSA) is 126 Å². The number of H-pyrrole nitrogens is 1. The highest BCUT2D eigenvalue weighted by atomic mass is 32.2. The number of aliphatic imine (C=N–C) groups is 1. The van der Waals surface area contributed by atoms with Gasteiger partial charge in [-0.3, -0.25) is 4.98 Å². The summed E-state index contributed by atoms with van der Waals surface area (Å²) in [6.45, 7) is 12.6. The van der Waals surface area contributed by atoms with Crippen LogP contribution in [-0.2, 0) is 9.84 Å². The van der Waals surface area contributed by atoms with Crippen molar-refractivity contribution in [2.45, 2.75) is 89.9 Å². The molecule has 3 aromatic heterocycles. The lowest BCUT2D eigenvalue weighted by Crippen LogP contribution is -2.46. The maximum Gasteiger partial charge on any atom is 0.156 e. The van der Waals surface area contributed by atoms with Crippen molar-refractivity contribution in [2.24, 2.45) is 10.7 Å². The van der Waals surface area contributed by atoms with Crippen LogP contribution in [0.15, 0.2) is 23.3 Å². The number of nitrogens with one attached hydrogen (secondary N) is 2. The maximum atomic E-state index is 12.0. The Bertz CT molecular complexity index is 1450. The highest BCUT2D eigenvalue weighted by Gasteiger charge is 2.32. The average Bonchev–Trinajstić information content (AvgIpc) is 3.24. The molecule has 3 heterocycles. The Kier molecular flexibility index (Phi) is 8.00. The number of aromatic amines is 1. The third kappa shape index (κ3) is 5.50. The molecule has 4 N–H and O–H groups in total. The van der Waals surface area contributed by atoms with E-state index in [0.717, 1.165) is 64.8 Å². The quantitative estimate of drug-likeness (QED) is 0.260. The van der Waals surface area contributed by atoms with Gasteiger partial charge in [-0.2, -0.15) is 0 Å². The zero-order chi connectivity index (χ0) is 27.8. The van der Waals surface area contributed by atoms with E-state index < -0.39 is 14.6 Å². The minimum Gasteiger partial charge on any atom is -0.390 e. The van der Waals surface area contributed by atoms with Crippen LogP contribution in [0.1, 0.15) is 87.6 Å². The summed E-state index contributed by atoms with van der Waals surface area (Å²) in [5.74, 6) is 1.32. The summed E-state index contributed by atoms with van der Waals surface area (Å²) in [7, 11) is -3.11. The Morgan fingerprint density at radius 1 is 1.18 bits per heavy atom. The van der Waals surface area contributed by atoms with E-state index in [9.17, 15) is 8.42 Å². The van der Waals surface area contributed by atoms with Crippen LogP contribution in [0.25, 0.3) is 22.3 Å². The molecule has 0 amide bonds. The van der Waals surface area contributed by atoms with Crippen LogP contribution in [-0.4, -0.2) is 53.3 Å². The molecule has 0 bridgehead atoms.